The predicted octanol–water partition coefficient (Wildman–Crippen LogP) is 4.27. The first-order valence-corrected chi connectivity index (χ1v) is 10.5. The SMILES string of the molecule is COC(=O)/C=C/OC(C)CCCCO[Si](C)(C)C(C)(C)C. The monoisotopic (exact) mass is 316 g/mol. The Morgan fingerprint density at radius 2 is 1.86 bits per heavy atom. The van der Waals surface area contributed by atoms with E-state index in [-0.39, 0.29) is 11.1 Å². The number of unbranched alkanes of at least 4 members (excludes halogenated alkanes) is 1. The molecular weight excluding hydrogens is 284 g/mol. The zero-order valence-corrected chi connectivity index (χ0v) is 15.7. The lowest BCUT2D eigenvalue weighted by Gasteiger charge is -2.36. The average Bonchev–Trinajstić information content (AvgIpc) is 2.36. The van der Waals surface area contributed by atoms with Crippen LogP contribution in [0.1, 0.15) is 47.0 Å². The Hall–Kier alpha value is -0.813. The first kappa shape index (κ1) is 20.2. The minimum Gasteiger partial charge on any atom is -0.498 e. The smallest absolute Gasteiger partial charge is 0.333 e. The lowest BCUT2D eigenvalue weighted by molar-refractivity contribution is -0.135. The molecule has 0 amide bonds. The second kappa shape index (κ2) is 9.25. The molecule has 0 saturated heterocycles. The molecule has 0 aliphatic heterocycles. The zero-order chi connectivity index (χ0) is 16.5. The molecule has 0 aromatic heterocycles. The molecule has 21 heavy (non-hydrogen) atoms. The quantitative estimate of drug-likeness (QED) is 0.209. The van der Waals surface area contributed by atoms with Crippen molar-refractivity contribution in [2.45, 2.75) is 71.2 Å². The summed E-state index contributed by atoms with van der Waals surface area (Å²) in [5, 5.41) is 0.266. The Morgan fingerprint density at radius 3 is 2.38 bits per heavy atom. The minimum absolute atomic E-state index is 0.0961. The fourth-order valence-electron chi connectivity index (χ4n) is 1.44. The molecule has 0 aliphatic rings. The second-order valence-electron chi connectivity index (χ2n) is 6.88. The van der Waals surface area contributed by atoms with Crippen LogP contribution in [0.4, 0.5) is 0 Å². The van der Waals surface area contributed by atoms with Gasteiger partial charge in [0.05, 0.1) is 25.6 Å². The van der Waals surface area contributed by atoms with Gasteiger partial charge in [-0.3, -0.25) is 0 Å². The van der Waals surface area contributed by atoms with Crippen molar-refractivity contribution in [3.63, 3.8) is 0 Å². The largest absolute Gasteiger partial charge is 0.498 e. The predicted molar refractivity (Wildman–Crippen MR) is 88.7 cm³/mol. The van der Waals surface area contributed by atoms with E-state index in [9.17, 15) is 4.79 Å². The van der Waals surface area contributed by atoms with Crippen molar-refractivity contribution >= 4 is 14.3 Å². The Balaban J connectivity index is 3.77. The van der Waals surface area contributed by atoms with E-state index in [2.05, 4.69) is 38.6 Å². The fourth-order valence-corrected chi connectivity index (χ4v) is 2.53. The topological polar surface area (TPSA) is 44.8 Å². The molecule has 0 radical (unpaired) electrons. The Kier molecular flexibility index (Phi) is 8.90. The van der Waals surface area contributed by atoms with E-state index in [1.807, 2.05) is 6.92 Å². The van der Waals surface area contributed by atoms with Gasteiger partial charge in [-0.05, 0) is 44.3 Å². The highest BCUT2D eigenvalue weighted by Crippen LogP contribution is 2.36. The number of esters is 1. The van der Waals surface area contributed by atoms with E-state index >= 15 is 0 Å². The molecule has 5 heteroatoms. The van der Waals surface area contributed by atoms with Crippen molar-refractivity contribution in [1.82, 2.24) is 0 Å². The van der Waals surface area contributed by atoms with Gasteiger partial charge in [0.2, 0.25) is 0 Å². The number of methoxy groups -OCH3 is 1. The van der Waals surface area contributed by atoms with Crippen LogP contribution in [0.25, 0.3) is 0 Å². The number of carbonyl (C=O) groups excluding carboxylic acids is 1. The lowest BCUT2D eigenvalue weighted by Crippen LogP contribution is -2.40. The Morgan fingerprint density at radius 1 is 1.24 bits per heavy atom. The maximum Gasteiger partial charge on any atom is 0.333 e. The van der Waals surface area contributed by atoms with Crippen LogP contribution in [0.3, 0.4) is 0 Å². The maximum absolute atomic E-state index is 10.9. The molecule has 0 N–H and O–H groups in total. The second-order valence-corrected chi connectivity index (χ2v) is 11.7. The van der Waals surface area contributed by atoms with Gasteiger partial charge in [-0.1, -0.05) is 20.8 Å². The van der Waals surface area contributed by atoms with E-state index < -0.39 is 14.3 Å². The van der Waals surface area contributed by atoms with E-state index in [4.69, 9.17) is 9.16 Å². The molecule has 0 heterocycles. The van der Waals surface area contributed by atoms with Gasteiger partial charge < -0.3 is 13.9 Å². The van der Waals surface area contributed by atoms with Crippen molar-refractivity contribution in [1.29, 1.82) is 0 Å². The molecule has 0 aromatic carbocycles. The van der Waals surface area contributed by atoms with Crippen LogP contribution in [-0.2, 0) is 18.7 Å². The Labute approximate surface area is 131 Å². The number of hydrogen-bond donors (Lipinski definition) is 0. The van der Waals surface area contributed by atoms with Crippen molar-refractivity contribution in [2.75, 3.05) is 13.7 Å². The van der Waals surface area contributed by atoms with Gasteiger partial charge in [0, 0.05) is 6.61 Å². The van der Waals surface area contributed by atoms with Crippen LogP contribution in [0, 0.1) is 0 Å². The van der Waals surface area contributed by atoms with Crippen LogP contribution in [0.2, 0.25) is 18.1 Å². The van der Waals surface area contributed by atoms with Gasteiger partial charge in [-0.15, -0.1) is 0 Å². The highest BCUT2D eigenvalue weighted by molar-refractivity contribution is 6.74. The first-order chi connectivity index (χ1) is 9.60. The van der Waals surface area contributed by atoms with Gasteiger partial charge in [0.1, 0.15) is 0 Å². The number of hydrogen-bond acceptors (Lipinski definition) is 4. The summed E-state index contributed by atoms with van der Waals surface area (Å²) in [6.45, 7) is 14.1. The van der Waals surface area contributed by atoms with Crippen LogP contribution in [-0.4, -0.2) is 34.1 Å². The third kappa shape index (κ3) is 8.93. The van der Waals surface area contributed by atoms with Crippen LogP contribution in [0.15, 0.2) is 12.3 Å². The molecule has 1 atom stereocenters. The van der Waals surface area contributed by atoms with E-state index in [0.717, 1.165) is 25.9 Å². The Bertz CT molecular complexity index is 332. The van der Waals surface area contributed by atoms with Gasteiger partial charge in [0.15, 0.2) is 8.32 Å². The zero-order valence-electron chi connectivity index (χ0n) is 14.7. The van der Waals surface area contributed by atoms with Crippen LogP contribution >= 0.6 is 0 Å². The fraction of sp³-hybridized carbons (Fsp3) is 0.812. The maximum atomic E-state index is 10.9. The summed E-state index contributed by atoms with van der Waals surface area (Å²) >= 11 is 0. The molecule has 0 rings (SSSR count). The minimum atomic E-state index is -1.61. The van der Waals surface area contributed by atoms with Crippen LogP contribution < -0.4 is 0 Å². The highest BCUT2D eigenvalue weighted by atomic mass is 28.4. The number of carbonyl (C=O) groups is 1. The van der Waals surface area contributed by atoms with Crippen molar-refractivity contribution in [2.24, 2.45) is 0 Å². The standard InChI is InChI=1S/C16H32O4Si/c1-14(19-13-11-15(17)18-5)10-8-9-12-20-21(6,7)16(2,3)4/h11,13-14H,8-10,12H2,1-7H3/b13-11+. The highest BCUT2D eigenvalue weighted by Gasteiger charge is 2.36. The van der Waals surface area contributed by atoms with E-state index in [1.54, 1.807) is 0 Å². The lowest BCUT2D eigenvalue weighted by atomic mass is 10.2. The summed E-state index contributed by atoms with van der Waals surface area (Å²) in [5.41, 5.74) is 0. The van der Waals surface area contributed by atoms with E-state index in [0.29, 0.717) is 0 Å². The summed E-state index contributed by atoms with van der Waals surface area (Å²) < 4.78 is 16.0. The van der Waals surface area contributed by atoms with Crippen LogP contribution in [0.5, 0.6) is 0 Å². The molecular formula is C16H32O4Si. The summed E-state index contributed by atoms with van der Waals surface area (Å²) in [5.74, 6) is -0.398. The van der Waals surface area contributed by atoms with Crippen molar-refractivity contribution in [3.05, 3.63) is 12.3 Å². The van der Waals surface area contributed by atoms with Gasteiger partial charge >= 0.3 is 5.97 Å². The normalized spacial score (nSPS) is 14.2. The van der Waals surface area contributed by atoms with Gasteiger partial charge in [0.25, 0.3) is 0 Å². The molecule has 0 aliphatic carbocycles. The van der Waals surface area contributed by atoms with Crippen molar-refractivity contribution in [3.8, 4) is 0 Å². The molecule has 124 valence electrons. The van der Waals surface area contributed by atoms with E-state index in [1.165, 1.54) is 19.4 Å². The first-order valence-electron chi connectivity index (χ1n) is 7.64. The summed E-state index contributed by atoms with van der Waals surface area (Å²) in [6.07, 6.45) is 5.84. The van der Waals surface area contributed by atoms with Gasteiger partial charge in [-0.25, -0.2) is 4.79 Å². The average molecular weight is 317 g/mol. The summed E-state index contributed by atoms with van der Waals surface area (Å²) in [6, 6.07) is 0. The molecule has 1 unspecified atom stereocenters. The third-order valence-electron chi connectivity index (χ3n) is 3.99. The molecule has 0 fully saturated rings. The molecule has 4 nitrogen and oxygen atoms in total. The van der Waals surface area contributed by atoms with Crippen molar-refractivity contribution < 1.29 is 18.7 Å². The number of ether oxygens (including phenoxy) is 2. The molecule has 0 bridgehead atoms. The molecule has 0 saturated carbocycles. The molecule has 0 aromatic rings. The number of rotatable bonds is 9. The summed E-state index contributed by atoms with van der Waals surface area (Å²) in [7, 11) is -0.268. The third-order valence-corrected chi connectivity index (χ3v) is 8.53. The summed E-state index contributed by atoms with van der Waals surface area (Å²) in [4.78, 5) is 10.9. The van der Waals surface area contributed by atoms with Gasteiger partial charge in [-0.2, -0.15) is 0 Å². The molecule has 0 spiro atoms.